The Balaban J connectivity index is 1.77. The van der Waals surface area contributed by atoms with E-state index in [1.807, 2.05) is 12.1 Å². The maximum Gasteiger partial charge on any atom is 0.257 e. The highest BCUT2D eigenvalue weighted by Crippen LogP contribution is 2.31. The van der Waals surface area contributed by atoms with Crippen LogP contribution in [0.3, 0.4) is 0 Å². The maximum absolute atomic E-state index is 5.91. The molecule has 0 radical (unpaired) electrons. The number of pyridine rings is 1. The standard InChI is InChI=1S/C12H16N2O2/c1-14-7-3-4-9(14)11-8-15-10-5-2-6-13-12(10)16-11/h2,5-6,9,11H,3-4,7-8H2,1H3/t9-,11-/m0/s1. The molecule has 2 aliphatic rings. The number of hydrogen-bond acceptors (Lipinski definition) is 4. The number of likely N-dealkylation sites (N-methyl/N-ethyl adjacent to an activating group) is 1. The number of likely N-dealkylation sites (tertiary alicyclic amines) is 1. The quantitative estimate of drug-likeness (QED) is 0.715. The molecule has 1 fully saturated rings. The molecule has 1 saturated heterocycles. The first kappa shape index (κ1) is 9.90. The number of rotatable bonds is 1. The number of hydrogen-bond donors (Lipinski definition) is 0. The Morgan fingerprint density at radius 3 is 3.25 bits per heavy atom. The van der Waals surface area contributed by atoms with Gasteiger partial charge in [0.15, 0.2) is 5.75 Å². The highest BCUT2D eigenvalue weighted by Gasteiger charge is 2.34. The summed E-state index contributed by atoms with van der Waals surface area (Å²) in [5.41, 5.74) is 0. The lowest BCUT2D eigenvalue weighted by atomic mass is 10.1. The van der Waals surface area contributed by atoms with Crippen molar-refractivity contribution in [3.8, 4) is 11.6 Å². The van der Waals surface area contributed by atoms with Crippen molar-refractivity contribution in [2.75, 3.05) is 20.2 Å². The Labute approximate surface area is 95.2 Å². The van der Waals surface area contributed by atoms with E-state index < -0.39 is 0 Å². The minimum Gasteiger partial charge on any atom is -0.484 e. The van der Waals surface area contributed by atoms with Crippen LogP contribution in [0.25, 0.3) is 0 Å². The van der Waals surface area contributed by atoms with Gasteiger partial charge >= 0.3 is 0 Å². The summed E-state index contributed by atoms with van der Waals surface area (Å²) in [4.78, 5) is 6.55. The van der Waals surface area contributed by atoms with Gasteiger partial charge in [0, 0.05) is 12.2 Å². The first-order valence-electron chi connectivity index (χ1n) is 5.79. The zero-order valence-corrected chi connectivity index (χ0v) is 9.43. The average Bonchev–Trinajstić information content (AvgIpc) is 2.75. The number of fused-ring (bicyclic) bond motifs is 1. The fourth-order valence-corrected chi connectivity index (χ4v) is 2.52. The summed E-state index contributed by atoms with van der Waals surface area (Å²) in [5, 5.41) is 0. The first-order valence-corrected chi connectivity index (χ1v) is 5.79. The van der Waals surface area contributed by atoms with Gasteiger partial charge in [0.25, 0.3) is 5.88 Å². The molecule has 0 bridgehead atoms. The lowest BCUT2D eigenvalue weighted by Gasteiger charge is -2.32. The fraction of sp³-hybridized carbons (Fsp3) is 0.583. The van der Waals surface area contributed by atoms with Gasteiger partial charge in [-0.05, 0) is 38.6 Å². The minimum absolute atomic E-state index is 0.120. The summed E-state index contributed by atoms with van der Waals surface area (Å²) in [6, 6.07) is 4.23. The smallest absolute Gasteiger partial charge is 0.257 e. The Bertz CT molecular complexity index is 383. The van der Waals surface area contributed by atoms with Crippen molar-refractivity contribution in [1.82, 2.24) is 9.88 Å². The predicted octanol–water partition coefficient (Wildman–Crippen LogP) is 1.32. The zero-order valence-electron chi connectivity index (χ0n) is 9.43. The van der Waals surface area contributed by atoms with E-state index in [-0.39, 0.29) is 6.10 Å². The predicted molar refractivity (Wildman–Crippen MR) is 59.8 cm³/mol. The minimum atomic E-state index is 0.120. The van der Waals surface area contributed by atoms with Crippen LogP contribution in [0.4, 0.5) is 0 Å². The number of aromatic nitrogens is 1. The molecular formula is C12H16N2O2. The van der Waals surface area contributed by atoms with E-state index in [1.54, 1.807) is 6.20 Å². The second-order valence-electron chi connectivity index (χ2n) is 4.46. The van der Waals surface area contributed by atoms with Gasteiger partial charge in [0.1, 0.15) is 12.7 Å². The van der Waals surface area contributed by atoms with Gasteiger partial charge in [0.2, 0.25) is 0 Å². The molecule has 16 heavy (non-hydrogen) atoms. The van der Waals surface area contributed by atoms with Crippen molar-refractivity contribution in [2.45, 2.75) is 25.0 Å². The first-order chi connectivity index (χ1) is 7.84. The highest BCUT2D eigenvalue weighted by atomic mass is 16.6. The molecule has 86 valence electrons. The van der Waals surface area contributed by atoms with Gasteiger partial charge in [-0.25, -0.2) is 4.98 Å². The molecule has 0 aromatic carbocycles. The fourth-order valence-electron chi connectivity index (χ4n) is 2.52. The summed E-state index contributed by atoms with van der Waals surface area (Å²) < 4.78 is 11.6. The number of nitrogens with zero attached hydrogens (tertiary/aromatic N) is 2. The van der Waals surface area contributed by atoms with E-state index in [9.17, 15) is 0 Å². The van der Waals surface area contributed by atoms with Crippen molar-refractivity contribution in [1.29, 1.82) is 0 Å². The summed E-state index contributed by atoms with van der Waals surface area (Å²) >= 11 is 0. The summed E-state index contributed by atoms with van der Waals surface area (Å²) in [6.45, 7) is 1.79. The Morgan fingerprint density at radius 1 is 1.50 bits per heavy atom. The van der Waals surface area contributed by atoms with E-state index in [2.05, 4.69) is 16.9 Å². The van der Waals surface area contributed by atoms with E-state index in [0.29, 0.717) is 18.5 Å². The normalized spacial score (nSPS) is 29.3. The summed E-state index contributed by atoms with van der Waals surface area (Å²) in [5.74, 6) is 1.40. The molecule has 3 rings (SSSR count). The van der Waals surface area contributed by atoms with Crippen LogP contribution < -0.4 is 9.47 Å². The second-order valence-corrected chi connectivity index (χ2v) is 4.46. The third kappa shape index (κ3) is 1.63. The molecule has 0 amide bonds. The Hall–Kier alpha value is -1.29. The van der Waals surface area contributed by atoms with Crippen LogP contribution in [0.2, 0.25) is 0 Å². The molecule has 2 aliphatic heterocycles. The molecule has 0 unspecified atom stereocenters. The lowest BCUT2D eigenvalue weighted by molar-refractivity contribution is 0.0324. The van der Waals surface area contributed by atoms with Gasteiger partial charge in [0.05, 0.1) is 0 Å². The maximum atomic E-state index is 5.91. The Kier molecular flexibility index (Phi) is 2.44. The molecule has 1 aromatic rings. The Morgan fingerprint density at radius 2 is 2.44 bits per heavy atom. The van der Waals surface area contributed by atoms with Gasteiger partial charge in [-0.15, -0.1) is 0 Å². The average molecular weight is 220 g/mol. The van der Waals surface area contributed by atoms with Crippen LogP contribution in [0.1, 0.15) is 12.8 Å². The third-order valence-electron chi connectivity index (χ3n) is 3.41. The van der Waals surface area contributed by atoms with E-state index >= 15 is 0 Å². The lowest BCUT2D eigenvalue weighted by Crippen LogP contribution is -2.45. The van der Waals surface area contributed by atoms with E-state index in [0.717, 1.165) is 12.3 Å². The van der Waals surface area contributed by atoms with Crippen molar-refractivity contribution < 1.29 is 9.47 Å². The highest BCUT2D eigenvalue weighted by molar-refractivity contribution is 5.34. The topological polar surface area (TPSA) is 34.6 Å². The van der Waals surface area contributed by atoms with Crippen molar-refractivity contribution in [3.05, 3.63) is 18.3 Å². The van der Waals surface area contributed by atoms with Crippen LogP contribution in [-0.2, 0) is 0 Å². The van der Waals surface area contributed by atoms with Gasteiger partial charge in [-0.1, -0.05) is 0 Å². The van der Waals surface area contributed by atoms with Crippen LogP contribution in [-0.4, -0.2) is 42.2 Å². The molecule has 0 aliphatic carbocycles. The molecule has 0 saturated carbocycles. The molecule has 0 N–H and O–H groups in total. The third-order valence-corrected chi connectivity index (χ3v) is 3.41. The van der Waals surface area contributed by atoms with Crippen LogP contribution in [0.5, 0.6) is 11.6 Å². The monoisotopic (exact) mass is 220 g/mol. The summed E-state index contributed by atoms with van der Waals surface area (Å²) in [6.07, 6.45) is 4.29. The molecule has 2 atom stereocenters. The second kappa shape index (κ2) is 3.94. The zero-order chi connectivity index (χ0) is 11.0. The SMILES string of the molecule is CN1CCC[C@H]1[C@@H]1COc2cccnc2O1. The molecular weight excluding hydrogens is 204 g/mol. The molecule has 4 heteroatoms. The number of ether oxygens (including phenoxy) is 2. The summed E-state index contributed by atoms with van der Waals surface area (Å²) in [7, 11) is 2.15. The molecule has 1 aromatic heterocycles. The van der Waals surface area contributed by atoms with E-state index in [4.69, 9.17) is 9.47 Å². The molecule has 3 heterocycles. The van der Waals surface area contributed by atoms with Crippen LogP contribution in [0, 0.1) is 0 Å². The van der Waals surface area contributed by atoms with Gasteiger partial charge < -0.3 is 9.47 Å². The molecule has 4 nitrogen and oxygen atoms in total. The van der Waals surface area contributed by atoms with Gasteiger partial charge in [-0.3, -0.25) is 4.90 Å². The van der Waals surface area contributed by atoms with Crippen molar-refractivity contribution in [3.63, 3.8) is 0 Å². The largest absolute Gasteiger partial charge is 0.484 e. The van der Waals surface area contributed by atoms with Crippen molar-refractivity contribution >= 4 is 0 Å². The van der Waals surface area contributed by atoms with Crippen LogP contribution >= 0.6 is 0 Å². The van der Waals surface area contributed by atoms with Gasteiger partial charge in [-0.2, -0.15) is 0 Å². The van der Waals surface area contributed by atoms with Crippen molar-refractivity contribution in [2.24, 2.45) is 0 Å². The van der Waals surface area contributed by atoms with Crippen LogP contribution in [0.15, 0.2) is 18.3 Å². The van der Waals surface area contributed by atoms with E-state index in [1.165, 1.54) is 12.8 Å². The molecule has 0 spiro atoms.